The van der Waals surface area contributed by atoms with Gasteiger partial charge in [-0.15, -0.1) is 10.2 Å². The first-order valence-corrected chi connectivity index (χ1v) is 9.93. The number of aryl methyl sites for hydroxylation is 2. The molecule has 0 aliphatic heterocycles. The maximum Gasteiger partial charge on any atom is 0.264 e. The maximum absolute atomic E-state index is 12.7. The highest BCUT2D eigenvalue weighted by Gasteiger charge is 2.24. The SMILES string of the molecule is Cc1nnc(-c2cc(S(=O)(=O)NC3CCCCCCC3)cn2C)o1. The highest BCUT2D eigenvalue weighted by Crippen LogP contribution is 2.24. The second-order valence-corrected chi connectivity index (χ2v) is 8.18. The van der Waals surface area contributed by atoms with E-state index < -0.39 is 10.0 Å². The average molecular weight is 352 g/mol. The fourth-order valence-corrected chi connectivity index (χ4v) is 4.53. The lowest BCUT2D eigenvalue weighted by Gasteiger charge is -2.20. The van der Waals surface area contributed by atoms with Gasteiger partial charge in [0.1, 0.15) is 10.6 Å². The van der Waals surface area contributed by atoms with Crippen molar-refractivity contribution < 1.29 is 12.8 Å². The summed E-state index contributed by atoms with van der Waals surface area (Å²) in [5.41, 5.74) is 0.591. The summed E-state index contributed by atoms with van der Waals surface area (Å²) >= 11 is 0. The van der Waals surface area contributed by atoms with Crippen LogP contribution in [-0.4, -0.2) is 29.2 Å². The minimum absolute atomic E-state index is 0.0182. The van der Waals surface area contributed by atoms with Crippen molar-refractivity contribution in [3.8, 4) is 11.6 Å². The molecule has 2 heterocycles. The van der Waals surface area contributed by atoms with E-state index in [-0.39, 0.29) is 10.9 Å². The maximum atomic E-state index is 12.7. The van der Waals surface area contributed by atoms with Crippen molar-refractivity contribution in [2.24, 2.45) is 7.05 Å². The van der Waals surface area contributed by atoms with E-state index in [1.165, 1.54) is 19.3 Å². The third-order valence-electron chi connectivity index (χ3n) is 4.46. The van der Waals surface area contributed by atoms with Crippen LogP contribution in [0.1, 0.15) is 50.8 Å². The van der Waals surface area contributed by atoms with Crippen LogP contribution < -0.4 is 4.72 Å². The topological polar surface area (TPSA) is 90.0 Å². The predicted molar refractivity (Wildman–Crippen MR) is 89.9 cm³/mol. The van der Waals surface area contributed by atoms with Crippen LogP contribution in [0.5, 0.6) is 0 Å². The molecule has 0 unspecified atom stereocenters. The van der Waals surface area contributed by atoms with Crippen LogP contribution in [-0.2, 0) is 17.1 Å². The molecule has 0 spiro atoms. The number of rotatable bonds is 4. The molecule has 7 nitrogen and oxygen atoms in total. The molecule has 0 aromatic carbocycles. The lowest BCUT2D eigenvalue weighted by molar-refractivity contribution is 0.426. The minimum Gasteiger partial charge on any atom is -0.420 e. The van der Waals surface area contributed by atoms with E-state index in [9.17, 15) is 8.42 Å². The standard InChI is InChI=1S/C16H24N4O3S/c1-12-17-18-16(23-12)15-10-14(11-20(15)2)24(21,22)19-13-8-6-4-3-5-7-9-13/h10-11,13,19H,3-9H2,1-2H3. The first-order valence-electron chi connectivity index (χ1n) is 8.45. The average Bonchev–Trinajstić information content (AvgIpc) is 3.08. The number of nitrogens with one attached hydrogen (secondary N) is 1. The van der Waals surface area contributed by atoms with E-state index in [0.717, 1.165) is 25.7 Å². The summed E-state index contributed by atoms with van der Waals surface area (Å²) in [7, 11) is -1.78. The van der Waals surface area contributed by atoms with Crippen LogP contribution in [0.25, 0.3) is 11.6 Å². The van der Waals surface area contributed by atoms with E-state index in [2.05, 4.69) is 14.9 Å². The minimum atomic E-state index is -3.55. The Morgan fingerprint density at radius 1 is 1.17 bits per heavy atom. The molecule has 0 amide bonds. The zero-order chi connectivity index (χ0) is 17.2. The highest BCUT2D eigenvalue weighted by atomic mass is 32.2. The van der Waals surface area contributed by atoms with E-state index in [0.29, 0.717) is 17.5 Å². The Balaban J connectivity index is 1.79. The second-order valence-electron chi connectivity index (χ2n) is 6.46. The van der Waals surface area contributed by atoms with Gasteiger partial charge in [-0.2, -0.15) is 0 Å². The van der Waals surface area contributed by atoms with Crippen molar-refractivity contribution in [2.75, 3.05) is 0 Å². The Bertz CT molecular complexity index is 786. The van der Waals surface area contributed by atoms with Gasteiger partial charge >= 0.3 is 0 Å². The summed E-state index contributed by atoms with van der Waals surface area (Å²) in [6.07, 6.45) is 9.17. The number of hydrogen-bond donors (Lipinski definition) is 1. The molecule has 3 rings (SSSR count). The van der Waals surface area contributed by atoms with Gasteiger partial charge in [-0.1, -0.05) is 32.1 Å². The molecular weight excluding hydrogens is 328 g/mol. The second kappa shape index (κ2) is 7.06. The third kappa shape index (κ3) is 3.87. The summed E-state index contributed by atoms with van der Waals surface area (Å²) in [6.45, 7) is 1.70. The summed E-state index contributed by atoms with van der Waals surface area (Å²) < 4.78 is 35.4. The van der Waals surface area contributed by atoms with Crippen LogP contribution in [0.3, 0.4) is 0 Å². The number of hydrogen-bond acceptors (Lipinski definition) is 5. The Kier molecular flexibility index (Phi) is 5.05. The smallest absolute Gasteiger partial charge is 0.264 e. The summed E-state index contributed by atoms with van der Waals surface area (Å²) in [4.78, 5) is 0.234. The first kappa shape index (κ1) is 17.2. The number of aromatic nitrogens is 3. The van der Waals surface area contributed by atoms with E-state index in [4.69, 9.17) is 4.42 Å². The van der Waals surface area contributed by atoms with E-state index in [1.807, 2.05) is 0 Å². The lowest BCUT2D eigenvalue weighted by atomic mass is 9.97. The van der Waals surface area contributed by atoms with Crippen LogP contribution >= 0.6 is 0 Å². The summed E-state index contributed by atoms with van der Waals surface area (Å²) in [6, 6.07) is 1.60. The number of nitrogens with zero attached hydrogens (tertiary/aromatic N) is 3. The Hall–Kier alpha value is -1.67. The van der Waals surface area contributed by atoms with Crippen molar-refractivity contribution >= 4 is 10.0 Å². The molecule has 2 aromatic rings. The molecule has 0 bridgehead atoms. The molecule has 1 aliphatic carbocycles. The molecular formula is C16H24N4O3S. The van der Waals surface area contributed by atoms with Gasteiger partial charge in [-0.3, -0.25) is 0 Å². The molecule has 1 saturated carbocycles. The third-order valence-corrected chi connectivity index (χ3v) is 5.95. The normalized spacial score (nSPS) is 17.6. The van der Waals surface area contributed by atoms with Crippen LogP contribution in [0.15, 0.2) is 21.6 Å². The molecule has 1 aliphatic rings. The molecule has 0 saturated heterocycles. The quantitative estimate of drug-likeness (QED) is 0.914. The van der Waals surface area contributed by atoms with Crippen molar-refractivity contribution in [3.05, 3.63) is 18.2 Å². The Morgan fingerprint density at radius 3 is 2.46 bits per heavy atom. The van der Waals surface area contributed by atoms with Crippen molar-refractivity contribution in [1.29, 1.82) is 0 Å². The molecule has 1 N–H and O–H groups in total. The zero-order valence-corrected chi connectivity index (χ0v) is 15.0. The van der Waals surface area contributed by atoms with Gasteiger partial charge < -0.3 is 8.98 Å². The molecule has 132 valence electrons. The molecule has 2 aromatic heterocycles. The summed E-state index contributed by atoms with van der Waals surface area (Å²) in [5.74, 6) is 0.769. The van der Waals surface area contributed by atoms with Gasteiger partial charge in [0.15, 0.2) is 0 Å². The fourth-order valence-electron chi connectivity index (χ4n) is 3.16. The fraction of sp³-hybridized carbons (Fsp3) is 0.625. The van der Waals surface area contributed by atoms with Crippen LogP contribution in [0, 0.1) is 6.92 Å². The molecule has 24 heavy (non-hydrogen) atoms. The van der Waals surface area contributed by atoms with Gasteiger partial charge in [0, 0.05) is 26.2 Å². The van der Waals surface area contributed by atoms with Gasteiger partial charge in [0.25, 0.3) is 5.89 Å². The predicted octanol–water partition coefficient (Wildman–Crippen LogP) is 2.77. The first-order chi connectivity index (χ1) is 11.5. The van der Waals surface area contributed by atoms with Gasteiger partial charge in [0.05, 0.1) is 0 Å². The molecule has 0 radical (unpaired) electrons. The lowest BCUT2D eigenvalue weighted by Crippen LogP contribution is -2.35. The zero-order valence-electron chi connectivity index (χ0n) is 14.2. The number of sulfonamides is 1. The van der Waals surface area contributed by atoms with E-state index in [1.54, 1.807) is 30.8 Å². The largest absolute Gasteiger partial charge is 0.420 e. The van der Waals surface area contributed by atoms with Crippen LogP contribution in [0.2, 0.25) is 0 Å². The monoisotopic (exact) mass is 352 g/mol. The Morgan fingerprint density at radius 2 is 1.83 bits per heavy atom. The van der Waals surface area contributed by atoms with E-state index >= 15 is 0 Å². The Labute approximate surface area is 142 Å². The van der Waals surface area contributed by atoms with Crippen molar-refractivity contribution in [1.82, 2.24) is 19.5 Å². The van der Waals surface area contributed by atoms with Gasteiger partial charge in [-0.25, -0.2) is 13.1 Å². The summed E-state index contributed by atoms with van der Waals surface area (Å²) in [5, 5.41) is 7.75. The molecule has 1 fully saturated rings. The van der Waals surface area contributed by atoms with Crippen molar-refractivity contribution in [3.63, 3.8) is 0 Å². The highest BCUT2D eigenvalue weighted by molar-refractivity contribution is 7.89. The van der Waals surface area contributed by atoms with Crippen LogP contribution in [0.4, 0.5) is 0 Å². The van der Waals surface area contributed by atoms with Gasteiger partial charge in [-0.05, 0) is 18.9 Å². The van der Waals surface area contributed by atoms with Gasteiger partial charge in [0.2, 0.25) is 15.9 Å². The van der Waals surface area contributed by atoms with Crippen molar-refractivity contribution in [2.45, 2.75) is 62.8 Å². The molecule has 8 heteroatoms. The molecule has 0 atom stereocenters.